The lowest BCUT2D eigenvalue weighted by Crippen LogP contribution is -2.17. The molecule has 6 heteroatoms. The number of carbonyl (C=O) groups is 2. The van der Waals surface area contributed by atoms with Crippen LogP contribution in [0.5, 0.6) is 11.5 Å². The second kappa shape index (κ2) is 6.39. The van der Waals surface area contributed by atoms with Gasteiger partial charge in [-0.25, -0.2) is 0 Å². The molecule has 0 aliphatic carbocycles. The van der Waals surface area contributed by atoms with Gasteiger partial charge in [-0.15, -0.1) is 0 Å². The highest BCUT2D eigenvalue weighted by molar-refractivity contribution is 5.95. The molecule has 0 saturated heterocycles. The lowest BCUT2D eigenvalue weighted by molar-refractivity contribution is -0.115. The Kier molecular flexibility index (Phi) is 4.14. The molecule has 1 heterocycles. The third-order valence-electron chi connectivity index (χ3n) is 3.42. The molecule has 0 spiro atoms. The number of amides is 2. The van der Waals surface area contributed by atoms with Gasteiger partial charge in [0.2, 0.25) is 11.8 Å². The minimum atomic E-state index is -0.501. The van der Waals surface area contributed by atoms with Crippen molar-refractivity contribution in [2.75, 3.05) is 18.5 Å². The summed E-state index contributed by atoms with van der Waals surface area (Å²) in [4.78, 5) is 23.1. The molecule has 0 bridgehead atoms. The quantitative estimate of drug-likeness (QED) is 0.899. The Morgan fingerprint density at radius 3 is 2.39 bits per heavy atom. The number of hydrogen-bond acceptors (Lipinski definition) is 4. The Hall–Kier alpha value is -3.02. The number of nitrogens with one attached hydrogen (secondary N) is 1. The van der Waals surface area contributed by atoms with Crippen molar-refractivity contribution in [1.29, 1.82) is 0 Å². The number of primary amides is 1. The first-order chi connectivity index (χ1) is 11.1. The zero-order chi connectivity index (χ0) is 16.2. The van der Waals surface area contributed by atoms with E-state index < -0.39 is 5.91 Å². The fourth-order valence-electron chi connectivity index (χ4n) is 2.31. The van der Waals surface area contributed by atoms with E-state index >= 15 is 0 Å². The van der Waals surface area contributed by atoms with Gasteiger partial charge < -0.3 is 20.5 Å². The van der Waals surface area contributed by atoms with E-state index in [0.717, 1.165) is 5.56 Å². The summed E-state index contributed by atoms with van der Waals surface area (Å²) in [6.45, 7) is 1.04. The second-order valence-corrected chi connectivity index (χ2v) is 5.14. The fourth-order valence-corrected chi connectivity index (χ4v) is 2.31. The van der Waals surface area contributed by atoms with Crippen LogP contribution in [-0.2, 0) is 11.2 Å². The van der Waals surface area contributed by atoms with Crippen LogP contribution in [0.4, 0.5) is 5.69 Å². The van der Waals surface area contributed by atoms with Gasteiger partial charge >= 0.3 is 0 Å². The number of nitrogens with two attached hydrogens (primary N) is 1. The molecule has 3 rings (SSSR count). The zero-order valence-corrected chi connectivity index (χ0v) is 12.4. The van der Waals surface area contributed by atoms with E-state index in [-0.39, 0.29) is 12.3 Å². The first-order valence-electron chi connectivity index (χ1n) is 7.20. The van der Waals surface area contributed by atoms with Crippen molar-refractivity contribution in [3.63, 3.8) is 0 Å². The molecule has 0 radical (unpaired) electrons. The van der Waals surface area contributed by atoms with Crippen LogP contribution in [0.3, 0.4) is 0 Å². The summed E-state index contributed by atoms with van der Waals surface area (Å²) in [6.07, 6.45) is 0.216. The monoisotopic (exact) mass is 312 g/mol. The van der Waals surface area contributed by atoms with Crippen molar-refractivity contribution in [1.82, 2.24) is 0 Å². The van der Waals surface area contributed by atoms with Crippen LogP contribution in [-0.4, -0.2) is 25.0 Å². The van der Waals surface area contributed by atoms with Gasteiger partial charge in [-0.1, -0.05) is 6.07 Å². The van der Waals surface area contributed by atoms with E-state index in [2.05, 4.69) is 5.32 Å². The van der Waals surface area contributed by atoms with E-state index in [9.17, 15) is 9.59 Å². The maximum atomic E-state index is 12.1. The average molecular weight is 312 g/mol. The van der Waals surface area contributed by atoms with E-state index in [1.807, 2.05) is 12.1 Å². The van der Waals surface area contributed by atoms with Crippen LogP contribution >= 0.6 is 0 Å². The van der Waals surface area contributed by atoms with Gasteiger partial charge in [0.1, 0.15) is 13.2 Å². The Morgan fingerprint density at radius 2 is 1.70 bits per heavy atom. The number of carbonyl (C=O) groups excluding carboxylic acids is 2. The highest BCUT2D eigenvalue weighted by Gasteiger charge is 2.13. The first kappa shape index (κ1) is 14.9. The van der Waals surface area contributed by atoms with Gasteiger partial charge in [0, 0.05) is 11.3 Å². The molecular weight excluding hydrogens is 296 g/mol. The molecule has 2 aromatic carbocycles. The summed E-state index contributed by atoms with van der Waals surface area (Å²) in [7, 11) is 0. The standard InChI is InChI=1S/C17H16N2O4/c18-17(21)12-2-4-13(5-3-12)19-16(20)10-11-1-6-14-15(9-11)23-8-7-22-14/h1-6,9H,7-8,10H2,(H2,18,21)(H,19,20). The topological polar surface area (TPSA) is 90.7 Å². The molecular formula is C17H16N2O4. The molecule has 0 atom stereocenters. The van der Waals surface area contributed by atoms with Gasteiger partial charge in [-0.2, -0.15) is 0 Å². The van der Waals surface area contributed by atoms with Crippen LogP contribution < -0.4 is 20.5 Å². The van der Waals surface area contributed by atoms with Crippen LogP contribution in [0.25, 0.3) is 0 Å². The second-order valence-electron chi connectivity index (χ2n) is 5.14. The third-order valence-corrected chi connectivity index (χ3v) is 3.42. The molecule has 0 aromatic heterocycles. The van der Waals surface area contributed by atoms with Crippen molar-refractivity contribution in [3.8, 4) is 11.5 Å². The Balaban J connectivity index is 1.64. The van der Waals surface area contributed by atoms with Gasteiger partial charge in [-0.05, 0) is 42.0 Å². The number of benzene rings is 2. The zero-order valence-electron chi connectivity index (χ0n) is 12.4. The highest BCUT2D eigenvalue weighted by Crippen LogP contribution is 2.30. The number of anilines is 1. The molecule has 1 aliphatic rings. The fraction of sp³-hybridized carbons (Fsp3) is 0.176. The van der Waals surface area contributed by atoms with Gasteiger partial charge in [0.25, 0.3) is 0 Å². The van der Waals surface area contributed by atoms with Gasteiger partial charge in [-0.3, -0.25) is 9.59 Å². The largest absolute Gasteiger partial charge is 0.486 e. The smallest absolute Gasteiger partial charge is 0.248 e. The van der Waals surface area contributed by atoms with E-state index in [0.29, 0.717) is 36.0 Å². The molecule has 118 valence electrons. The highest BCUT2D eigenvalue weighted by atomic mass is 16.6. The Bertz CT molecular complexity index is 741. The Morgan fingerprint density at radius 1 is 1.00 bits per heavy atom. The first-order valence-corrected chi connectivity index (χ1v) is 7.20. The van der Waals surface area contributed by atoms with Crippen molar-refractivity contribution in [2.24, 2.45) is 5.73 Å². The molecule has 0 saturated carbocycles. The number of hydrogen-bond donors (Lipinski definition) is 2. The lowest BCUT2D eigenvalue weighted by atomic mass is 10.1. The summed E-state index contributed by atoms with van der Waals surface area (Å²) in [5.74, 6) is 0.697. The minimum absolute atomic E-state index is 0.159. The molecule has 0 fully saturated rings. The number of ether oxygens (including phenoxy) is 2. The molecule has 2 amide bonds. The number of rotatable bonds is 4. The van der Waals surface area contributed by atoms with Crippen molar-refractivity contribution in [2.45, 2.75) is 6.42 Å². The van der Waals surface area contributed by atoms with Gasteiger partial charge in [0.15, 0.2) is 11.5 Å². The van der Waals surface area contributed by atoms with Crippen LogP contribution in [0, 0.1) is 0 Å². The maximum absolute atomic E-state index is 12.1. The number of fused-ring (bicyclic) bond motifs is 1. The third kappa shape index (κ3) is 3.60. The average Bonchev–Trinajstić information content (AvgIpc) is 2.55. The normalized spacial score (nSPS) is 12.5. The Labute approximate surface area is 133 Å². The molecule has 6 nitrogen and oxygen atoms in total. The summed E-state index contributed by atoms with van der Waals surface area (Å²) in [5, 5.41) is 2.77. The van der Waals surface area contributed by atoms with Crippen LogP contribution in [0.2, 0.25) is 0 Å². The van der Waals surface area contributed by atoms with Crippen LogP contribution in [0.1, 0.15) is 15.9 Å². The summed E-state index contributed by atoms with van der Waals surface area (Å²) in [6, 6.07) is 11.9. The van der Waals surface area contributed by atoms with Crippen LogP contribution in [0.15, 0.2) is 42.5 Å². The van der Waals surface area contributed by atoms with Crippen molar-refractivity contribution >= 4 is 17.5 Å². The molecule has 23 heavy (non-hydrogen) atoms. The summed E-state index contributed by atoms with van der Waals surface area (Å²) < 4.78 is 10.9. The predicted octanol–water partition coefficient (Wildman–Crippen LogP) is 1.74. The van der Waals surface area contributed by atoms with E-state index in [4.69, 9.17) is 15.2 Å². The molecule has 1 aliphatic heterocycles. The van der Waals surface area contributed by atoms with E-state index in [1.165, 1.54) is 0 Å². The van der Waals surface area contributed by atoms with Crippen molar-refractivity contribution < 1.29 is 19.1 Å². The summed E-state index contributed by atoms with van der Waals surface area (Å²) >= 11 is 0. The summed E-state index contributed by atoms with van der Waals surface area (Å²) in [5.41, 5.74) is 7.02. The van der Waals surface area contributed by atoms with E-state index in [1.54, 1.807) is 30.3 Å². The predicted molar refractivity (Wildman–Crippen MR) is 84.7 cm³/mol. The maximum Gasteiger partial charge on any atom is 0.248 e. The minimum Gasteiger partial charge on any atom is -0.486 e. The van der Waals surface area contributed by atoms with Crippen molar-refractivity contribution in [3.05, 3.63) is 53.6 Å². The molecule has 0 unspecified atom stereocenters. The molecule has 3 N–H and O–H groups in total. The lowest BCUT2D eigenvalue weighted by Gasteiger charge is -2.18. The SMILES string of the molecule is NC(=O)c1ccc(NC(=O)Cc2ccc3c(c2)OCCO3)cc1. The molecule has 2 aromatic rings. The van der Waals surface area contributed by atoms with Gasteiger partial charge in [0.05, 0.1) is 6.42 Å².